The average molecular weight is 413 g/mol. The maximum atomic E-state index is 12.8. The van der Waals surface area contributed by atoms with Crippen molar-refractivity contribution >= 4 is 5.91 Å². The third kappa shape index (κ3) is 4.88. The van der Waals surface area contributed by atoms with Gasteiger partial charge in [-0.2, -0.15) is 0 Å². The first kappa shape index (κ1) is 21.3. The average Bonchev–Trinajstić information content (AvgIpc) is 2.76. The lowest BCUT2D eigenvalue weighted by Gasteiger charge is -2.28. The van der Waals surface area contributed by atoms with Crippen LogP contribution in [0.1, 0.15) is 62.3 Å². The number of amides is 1. The van der Waals surface area contributed by atoms with Crippen LogP contribution in [0.3, 0.4) is 0 Å². The van der Waals surface area contributed by atoms with Gasteiger partial charge in [-0.25, -0.2) is 0 Å². The van der Waals surface area contributed by atoms with Crippen LogP contribution in [0, 0.1) is 20.8 Å². The highest BCUT2D eigenvalue weighted by Crippen LogP contribution is 2.23. The van der Waals surface area contributed by atoms with E-state index in [0.29, 0.717) is 5.56 Å². The molecule has 1 heterocycles. The fourth-order valence-electron chi connectivity index (χ4n) is 4.52. The molecule has 4 rings (SSSR count). The zero-order valence-electron chi connectivity index (χ0n) is 19.0. The summed E-state index contributed by atoms with van der Waals surface area (Å²) >= 11 is 0. The van der Waals surface area contributed by atoms with Crippen molar-refractivity contribution < 1.29 is 4.79 Å². The first-order valence-corrected chi connectivity index (χ1v) is 11.2. The highest BCUT2D eigenvalue weighted by atomic mass is 16.1. The first-order chi connectivity index (χ1) is 14.9. The van der Waals surface area contributed by atoms with Gasteiger partial charge >= 0.3 is 0 Å². The lowest BCUT2D eigenvalue weighted by atomic mass is 9.96. The Morgan fingerprint density at radius 1 is 0.935 bits per heavy atom. The van der Waals surface area contributed by atoms with Gasteiger partial charge in [0, 0.05) is 25.2 Å². The minimum Gasteiger partial charge on any atom is -0.346 e. The summed E-state index contributed by atoms with van der Waals surface area (Å²) in [6, 6.07) is 21.1. The summed E-state index contributed by atoms with van der Waals surface area (Å²) in [5, 5.41) is 3.16. The quantitative estimate of drug-likeness (QED) is 0.586. The molecule has 1 aliphatic rings. The largest absolute Gasteiger partial charge is 0.346 e. The van der Waals surface area contributed by atoms with Crippen molar-refractivity contribution in [3.05, 3.63) is 105 Å². The molecule has 1 atom stereocenters. The van der Waals surface area contributed by atoms with E-state index < -0.39 is 0 Å². The van der Waals surface area contributed by atoms with Gasteiger partial charge in [-0.3, -0.25) is 9.69 Å². The maximum absolute atomic E-state index is 12.8. The van der Waals surface area contributed by atoms with Crippen molar-refractivity contribution in [2.45, 2.75) is 53.2 Å². The van der Waals surface area contributed by atoms with E-state index in [4.69, 9.17) is 0 Å². The van der Waals surface area contributed by atoms with Crippen molar-refractivity contribution in [3.63, 3.8) is 0 Å². The summed E-state index contributed by atoms with van der Waals surface area (Å²) in [6.45, 7) is 11.4. The molecule has 0 saturated heterocycles. The molecule has 3 nitrogen and oxygen atoms in total. The van der Waals surface area contributed by atoms with Gasteiger partial charge in [-0.15, -0.1) is 0 Å². The molecule has 1 amide bonds. The Morgan fingerprint density at radius 2 is 1.61 bits per heavy atom. The molecule has 160 valence electrons. The summed E-state index contributed by atoms with van der Waals surface area (Å²) in [7, 11) is 0. The Balaban J connectivity index is 1.38. The normalized spacial score (nSPS) is 14.7. The van der Waals surface area contributed by atoms with Crippen molar-refractivity contribution in [1.29, 1.82) is 0 Å². The third-order valence-electron chi connectivity index (χ3n) is 6.53. The summed E-state index contributed by atoms with van der Waals surface area (Å²) in [6.07, 6.45) is 1.10. The number of carbonyl (C=O) groups is 1. The zero-order valence-corrected chi connectivity index (χ0v) is 19.0. The van der Waals surface area contributed by atoms with Crippen LogP contribution in [0.25, 0.3) is 0 Å². The zero-order chi connectivity index (χ0) is 22.0. The number of hydrogen-bond acceptors (Lipinski definition) is 2. The number of aryl methyl sites for hydroxylation is 3. The summed E-state index contributed by atoms with van der Waals surface area (Å²) in [4.78, 5) is 15.3. The minimum absolute atomic E-state index is 0.0245. The molecular formula is C28H32N2O. The topological polar surface area (TPSA) is 32.3 Å². The van der Waals surface area contributed by atoms with Crippen LogP contribution in [0.5, 0.6) is 0 Å². The number of hydrogen-bond donors (Lipinski definition) is 1. The van der Waals surface area contributed by atoms with Crippen molar-refractivity contribution in [2.24, 2.45) is 0 Å². The van der Waals surface area contributed by atoms with E-state index in [1.807, 2.05) is 12.1 Å². The highest BCUT2D eigenvalue weighted by molar-refractivity contribution is 5.94. The van der Waals surface area contributed by atoms with Gasteiger partial charge in [0.25, 0.3) is 5.91 Å². The fourth-order valence-corrected chi connectivity index (χ4v) is 4.52. The second kappa shape index (κ2) is 9.07. The van der Waals surface area contributed by atoms with Crippen molar-refractivity contribution in [3.8, 4) is 0 Å². The summed E-state index contributed by atoms with van der Waals surface area (Å²) in [5.41, 5.74) is 9.79. The summed E-state index contributed by atoms with van der Waals surface area (Å²) < 4.78 is 0. The molecule has 0 radical (unpaired) electrons. The molecule has 0 aromatic heterocycles. The lowest BCUT2D eigenvalue weighted by Crippen LogP contribution is -2.30. The van der Waals surface area contributed by atoms with E-state index in [-0.39, 0.29) is 11.9 Å². The highest BCUT2D eigenvalue weighted by Gasteiger charge is 2.17. The molecule has 0 unspecified atom stereocenters. The van der Waals surface area contributed by atoms with E-state index in [2.05, 4.69) is 86.4 Å². The number of nitrogens with zero attached hydrogens (tertiary/aromatic N) is 1. The van der Waals surface area contributed by atoms with Gasteiger partial charge in [0.1, 0.15) is 0 Å². The number of nitrogens with one attached hydrogen (secondary N) is 1. The fraction of sp³-hybridized carbons (Fsp3) is 0.321. The van der Waals surface area contributed by atoms with Crippen LogP contribution in [0.15, 0.2) is 60.7 Å². The molecule has 1 N–H and O–H groups in total. The Labute approximate surface area is 186 Å². The second-order valence-electron chi connectivity index (χ2n) is 8.91. The molecular weight excluding hydrogens is 380 g/mol. The molecule has 3 heteroatoms. The molecule has 0 saturated carbocycles. The van der Waals surface area contributed by atoms with Crippen LogP contribution in [-0.2, 0) is 19.5 Å². The molecule has 0 bridgehead atoms. The second-order valence-corrected chi connectivity index (χ2v) is 8.91. The molecule has 0 spiro atoms. The smallest absolute Gasteiger partial charge is 0.251 e. The summed E-state index contributed by atoms with van der Waals surface area (Å²) in [5.74, 6) is -0.0245. The monoisotopic (exact) mass is 412 g/mol. The first-order valence-electron chi connectivity index (χ1n) is 11.2. The molecule has 3 aromatic rings. The van der Waals surface area contributed by atoms with Crippen LogP contribution < -0.4 is 5.32 Å². The van der Waals surface area contributed by atoms with Crippen molar-refractivity contribution in [1.82, 2.24) is 10.2 Å². The predicted molar refractivity (Wildman–Crippen MR) is 127 cm³/mol. The number of benzene rings is 3. The van der Waals surface area contributed by atoms with E-state index in [0.717, 1.165) is 26.1 Å². The molecule has 1 aliphatic heterocycles. The third-order valence-corrected chi connectivity index (χ3v) is 6.53. The maximum Gasteiger partial charge on any atom is 0.251 e. The molecule has 0 aliphatic carbocycles. The lowest BCUT2D eigenvalue weighted by molar-refractivity contribution is 0.0940. The van der Waals surface area contributed by atoms with Gasteiger partial charge in [0.2, 0.25) is 0 Å². The van der Waals surface area contributed by atoms with Crippen LogP contribution in [0.4, 0.5) is 0 Å². The molecule has 0 fully saturated rings. The Bertz CT molecular complexity index is 1080. The van der Waals surface area contributed by atoms with E-state index >= 15 is 0 Å². The molecule has 31 heavy (non-hydrogen) atoms. The van der Waals surface area contributed by atoms with Gasteiger partial charge < -0.3 is 5.32 Å². The van der Waals surface area contributed by atoms with Gasteiger partial charge in [-0.1, -0.05) is 48.5 Å². The van der Waals surface area contributed by atoms with Crippen molar-refractivity contribution in [2.75, 3.05) is 6.54 Å². The van der Waals surface area contributed by atoms with Crippen LogP contribution >= 0.6 is 0 Å². The Morgan fingerprint density at radius 3 is 2.35 bits per heavy atom. The van der Waals surface area contributed by atoms with Crippen LogP contribution in [-0.4, -0.2) is 17.4 Å². The minimum atomic E-state index is -0.0279. The Kier molecular flexibility index (Phi) is 6.24. The van der Waals surface area contributed by atoms with Gasteiger partial charge in [0.15, 0.2) is 0 Å². The van der Waals surface area contributed by atoms with Gasteiger partial charge in [0.05, 0.1) is 6.04 Å². The standard InChI is InChI=1S/C28H32N2O/c1-19-15-21(3)27(16-20(19)2)22(4)29-28(31)25-11-9-23(10-12-25)17-30-14-13-24-7-5-6-8-26(24)18-30/h5-12,15-16,22H,13-14,17-18H2,1-4H3,(H,29,31)/t22-/m0/s1. The number of fused-ring (bicyclic) bond motifs is 1. The Hall–Kier alpha value is -2.91. The van der Waals surface area contributed by atoms with E-state index in [1.165, 1.54) is 38.9 Å². The predicted octanol–water partition coefficient (Wildman–Crippen LogP) is 5.66. The van der Waals surface area contributed by atoms with Gasteiger partial charge in [-0.05, 0) is 85.2 Å². The number of carbonyl (C=O) groups excluding carboxylic acids is 1. The SMILES string of the molecule is Cc1cc(C)c([C@H](C)NC(=O)c2ccc(CN3CCc4ccccc4C3)cc2)cc1C. The van der Waals surface area contributed by atoms with E-state index in [9.17, 15) is 4.79 Å². The van der Waals surface area contributed by atoms with E-state index in [1.54, 1.807) is 0 Å². The van der Waals surface area contributed by atoms with Crippen LogP contribution in [0.2, 0.25) is 0 Å². The number of rotatable bonds is 5. The molecule has 3 aromatic carbocycles.